The Kier molecular flexibility index (Phi) is 5.96. The van der Waals surface area contributed by atoms with Crippen molar-refractivity contribution in [1.29, 1.82) is 0 Å². The van der Waals surface area contributed by atoms with Crippen LogP contribution in [0.5, 0.6) is 0 Å². The van der Waals surface area contributed by atoms with Gasteiger partial charge in [0.2, 0.25) is 5.91 Å². The molecule has 0 radical (unpaired) electrons. The summed E-state index contributed by atoms with van der Waals surface area (Å²) in [7, 11) is 0. The molecule has 1 amide bonds. The summed E-state index contributed by atoms with van der Waals surface area (Å²) in [5.74, 6) is 0.0826. The number of para-hydroxylation sites is 2. The molecule has 0 N–H and O–H groups in total. The van der Waals surface area contributed by atoms with E-state index in [1.54, 1.807) is 4.90 Å². The van der Waals surface area contributed by atoms with Crippen LogP contribution in [0, 0.1) is 0 Å². The molecule has 1 fully saturated rings. The summed E-state index contributed by atoms with van der Waals surface area (Å²) in [6.07, 6.45) is 4.27. The summed E-state index contributed by atoms with van der Waals surface area (Å²) in [5, 5.41) is 0. The third-order valence-electron chi connectivity index (χ3n) is 4.69. The Labute approximate surface area is 149 Å². The highest BCUT2D eigenvalue weighted by Gasteiger charge is 2.24. The van der Waals surface area contributed by atoms with Crippen molar-refractivity contribution >= 4 is 23.6 Å². The molecule has 4 nitrogen and oxygen atoms in total. The van der Waals surface area contributed by atoms with Gasteiger partial charge in [0.15, 0.2) is 0 Å². The SMILES string of the molecule is O=C[C@@H]1CCCN1CCCC(=O)N(c1ccccc1)c1ccccc1. The fourth-order valence-corrected chi connectivity index (χ4v) is 3.42. The van der Waals surface area contributed by atoms with E-state index in [0.29, 0.717) is 6.42 Å². The van der Waals surface area contributed by atoms with Crippen LogP contribution in [-0.2, 0) is 9.59 Å². The number of rotatable bonds is 7. The van der Waals surface area contributed by atoms with Crippen LogP contribution in [0.1, 0.15) is 25.7 Å². The molecule has 25 heavy (non-hydrogen) atoms. The number of nitrogens with zero attached hydrogens (tertiary/aromatic N) is 2. The maximum absolute atomic E-state index is 12.9. The van der Waals surface area contributed by atoms with Crippen LogP contribution in [0.2, 0.25) is 0 Å². The molecule has 0 spiro atoms. The van der Waals surface area contributed by atoms with Crippen molar-refractivity contribution in [1.82, 2.24) is 4.90 Å². The second kappa shape index (κ2) is 8.58. The summed E-state index contributed by atoms with van der Waals surface area (Å²) in [6.45, 7) is 1.76. The second-order valence-electron chi connectivity index (χ2n) is 6.39. The van der Waals surface area contributed by atoms with E-state index in [1.165, 1.54) is 0 Å². The average molecular weight is 336 g/mol. The minimum absolute atomic E-state index is 0.0365. The first-order valence-electron chi connectivity index (χ1n) is 8.92. The van der Waals surface area contributed by atoms with E-state index < -0.39 is 0 Å². The molecule has 1 heterocycles. The van der Waals surface area contributed by atoms with Gasteiger partial charge in [-0.1, -0.05) is 36.4 Å². The fourth-order valence-electron chi connectivity index (χ4n) is 3.42. The van der Waals surface area contributed by atoms with Gasteiger partial charge in [0.25, 0.3) is 0 Å². The van der Waals surface area contributed by atoms with Crippen molar-refractivity contribution in [2.24, 2.45) is 0 Å². The van der Waals surface area contributed by atoms with Gasteiger partial charge in [-0.15, -0.1) is 0 Å². The molecule has 1 saturated heterocycles. The number of likely N-dealkylation sites (tertiary alicyclic amines) is 1. The van der Waals surface area contributed by atoms with Crippen molar-refractivity contribution in [3.63, 3.8) is 0 Å². The number of anilines is 2. The van der Waals surface area contributed by atoms with Crippen LogP contribution in [0.15, 0.2) is 60.7 Å². The van der Waals surface area contributed by atoms with Crippen molar-refractivity contribution in [2.75, 3.05) is 18.0 Å². The maximum Gasteiger partial charge on any atom is 0.231 e. The first-order valence-corrected chi connectivity index (χ1v) is 8.92. The number of benzene rings is 2. The highest BCUT2D eigenvalue weighted by Crippen LogP contribution is 2.26. The maximum atomic E-state index is 12.9. The van der Waals surface area contributed by atoms with E-state index in [-0.39, 0.29) is 11.9 Å². The average Bonchev–Trinajstić information content (AvgIpc) is 3.11. The van der Waals surface area contributed by atoms with Crippen molar-refractivity contribution in [3.05, 3.63) is 60.7 Å². The number of carbonyl (C=O) groups is 2. The van der Waals surface area contributed by atoms with E-state index in [2.05, 4.69) is 4.90 Å². The zero-order chi connectivity index (χ0) is 17.5. The molecule has 2 aromatic rings. The minimum Gasteiger partial charge on any atom is -0.302 e. The Hall–Kier alpha value is -2.46. The lowest BCUT2D eigenvalue weighted by atomic mass is 10.2. The Morgan fingerprint density at radius 2 is 1.64 bits per heavy atom. The van der Waals surface area contributed by atoms with Crippen LogP contribution in [-0.4, -0.2) is 36.2 Å². The van der Waals surface area contributed by atoms with Gasteiger partial charge in [-0.3, -0.25) is 14.6 Å². The minimum atomic E-state index is 0.0365. The summed E-state index contributed by atoms with van der Waals surface area (Å²) >= 11 is 0. The number of aldehydes is 1. The second-order valence-corrected chi connectivity index (χ2v) is 6.39. The Morgan fingerprint density at radius 1 is 1.04 bits per heavy atom. The first kappa shape index (κ1) is 17.4. The molecule has 3 rings (SSSR count). The van der Waals surface area contributed by atoms with E-state index in [9.17, 15) is 9.59 Å². The van der Waals surface area contributed by atoms with Gasteiger partial charge in [0.05, 0.1) is 6.04 Å². The molecule has 1 atom stereocenters. The largest absolute Gasteiger partial charge is 0.302 e. The quantitative estimate of drug-likeness (QED) is 0.722. The normalized spacial score (nSPS) is 17.4. The molecule has 1 aliphatic rings. The predicted octanol–water partition coefficient (Wildman–Crippen LogP) is 3.79. The van der Waals surface area contributed by atoms with E-state index in [0.717, 1.165) is 50.0 Å². The van der Waals surface area contributed by atoms with Gasteiger partial charge in [-0.05, 0) is 56.6 Å². The Bertz CT molecular complexity index is 648. The lowest BCUT2D eigenvalue weighted by Crippen LogP contribution is -2.32. The predicted molar refractivity (Wildman–Crippen MR) is 99.9 cm³/mol. The zero-order valence-corrected chi connectivity index (χ0v) is 14.4. The van der Waals surface area contributed by atoms with Gasteiger partial charge in [-0.2, -0.15) is 0 Å². The number of amides is 1. The van der Waals surface area contributed by atoms with Gasteiger partial charge in [0, 0.05) is 17.8 Å². The summed E-state index contributed by atoms with van der Waals surface area (Å²) in [6, 6.07) is 19.5. The topological polar surface area (TPSA) is 40.6 Å². The molecule has 0 unspecified atom stereocenters. The number of hydrogen-bond acceptors (Lipinski definition) is 3. The standard InChI is InChI=1S/C21H24N2O2/c24-17-20-13-7-15-22(20)16-8-14-21(25)23(18-9-3-1-4-10-18)19-11-5-2-6-12-19/h1-6,9-12,17,20H,7-8,13-16H2/t20-/m0/s1. The third kappa shape index (κ3) is 4.34. The van der Waals surface area contributed by atoms with Crippen LogP contribution in [0.3, 0.4) is 0 Å². The van der Waals surface area contributed by atoms with Gasteiger partial charge >= 0.3 is 0 Å². The smallest absolute Gasteiger partial charge is 0.231 e. The van der Waals surface area contributed by atoms with Crippen LogP contribution in [0.4, 0.5) is 11.4 Å². The third-order valence-corrected chi connectivity index (χ3v) is 4.69. The molecular weight excluding hydrogens is 312 g/mol. The van der Waals surface area contributed by atoms with Crippen LogP contribution >= 0.6 is 0 Å². The zero-order valence-electron chi connectivity index (χ0n) is 14.4. The van der Waals surface area contributed by atoms with Gasteiger partial charge in [0.1, 0.15) is 6.29 Å². The van der Waals surface area contributed by atoms with Crippen molar-refractivity contribution in [2.45, 2.75) is 31.7 Å². The highest BCUT2D eigenvalue weighted by atomic mass is 16.2. The van der Waals surface area contributed by atoms with E-state index in [4.69, 9.17) is 0 Å². The number of hydrogen-bond donors (Lipinski definition) is 0. The van der Waals surface area contributed by atoms with Crippen LogP contribution < -0.4 is 4.90 Å². The molecular formula is C21H24N2O2. The van der Waals surface area contributed by atoms with Gasteiger partial charge in [-0.25, -0.2) is 0 Å². The summed E-state index contributed by atoms with van der Waals surface area (Å²) in [4.78, 5) is 28.0. The molecule has 4 heteroatoms. The molecule has 0 saturated carbocycles. The molecule has 2 aromatic carbocycles. The lowest BCUT2D eigenvalue weighted by Gasteiger charge is -2.24. The van der Waals surface area contributed by atoms with Crippen molar-refractivity contribution < 1.29 is 9.59 Å². The molecule has 1 aliphatic heterocycles. The summed E-state index contributed by atoms with van der Waals surface area (Å²) in [5.41, 5.74) is 1.76. The van der Waals surface area contributed by atoms with Gasteiger partial charge < -0.3 is 4.79 Å². The highest BCUT2D eigenvalue weighted by molar-refractivity contribution is 6.00. The van der Waals surface area contributed by atoms with Crippen LogP contribution in [0.25, 0.3) is 0 Å². The van der Waals surface area contributed by atoms with E-state index in [1.807, 2.05) is 60.7 Å². The molecule has 130 valence electrons. The lowest BCUT2D eigenvalue weighted by molar-refractivity contribution is -0.118. The Morgan fingerprint density at radius 3 is 2.20 bits per heavy atom. The molecule has 0 aliphatic carbocycles. The fraction of sp³-hybridized carbons (Fsp3) is 0.333. The van der Waals surface area contributed by atoms with Crippen molar-refractivity contribution in [3.8, 4) is 0 Å². The Balaban J connectivity index is 1.67. The summed E-state index contributed by atoms with van der Waals surface area (Å²) < 4.78 is 0. The number of carbonyl (C=O) groups excluding carboxylic acids is 2. The molecule has 0 bridgehead atoms. The first-order chi connectivity index (χ1) is 12.3. The molecule has 0 aromatic heterocycles. The van der Waals surface area contributed by atoms with E-state index >= 15 is 0 Å². The monoisotopic (exact) mass is 336 g/mol.